The molecule has 2 N–H and O–H groups in total. The number of likely N-dealkylation sites (tertiary alicyclic amines) is 1. The first-order valence-electron chi connectivity index (χ1n) is 7.40. The smallest absolute Gasteiger partial charge is 0.224 e. The molecule has 1 unspecified atom stereocenters. The minimum absolute atomic E-state index is 0.0827. The van der Waals surface area contributed by atoms with Gasteiger partial charge in [-0.15, -0.1) is 0 Å². The number of rotatable bonds is 6. The zero-order valence-electron chi connectivity index (χ0n) is 12.3. The lowest BCUT2D eigenvalue weighted by molar-refractivity contribution is -0.133. The summed E-state index contributed by atoms with van der Waals surface area (Å²) in [6.45, 7) is 3.06. The number of likely N-dealkylation sites (N-methyl/N-ethyl adjacent to an activating group) is 1. The van der Waals surface area contributed by atoms with E-state index in [9.17, 15) is 4.79 Å². The van der Waals surface area contributed by atoms with Crippen molar-refractivity contribution in [3.05, 3.63) is 24.2 Å². The third-order valence-corrected chi connectivity index (χ3v) is 4.03. The molecule has 112 valence electrons. The van der Waals surface area contributed by atoms with Crippen LogP contribution in [-0.4, -0.2) is 48.4 Å². The van der Waals surface area contributed by atoms with Crippen LogP contribution in [0.4, 0.5) is 0 Å². The molecular formula is C15H25N3O2. The van der Waals surface area contributed by atoms with Gasteiger partial charge >= 0.3 is 0 Å². The maximum Gasteiger partial charge on any atom is 0.224 e. The standard InChI is InChI=1S/C15H25N3O2/c1-17(11-13-5-8-20-12-13)14(10-16)9-15(19)18-6-3-2-4-7-18/h5,8,12,14H,2-4,6-7,9-11,16H2,1H3. The van der Waals surface area contributed by atoms with Gasteiger partial charge in [0, 0.05) is 44.2 Å². The first-order chi connectivity index (χ1) is 9.70. The molecule has 0 spiro atoms. The van der Waals surface area contributed by atoms with Crippen LogP contribution in [-0.2, 0) is 11.3 Å². The molecule has 2 heterocycles. The van der Waals surface area contributed by atoms with Gasteiger partial charge in [0.15, 0.2) is 0 Å². The van der Waals surface area contributed by atoms with Crippen molar-refractivity contribution >= 4 is 5.91 Å². The number of carbonyl (C=O) groups excluding carboxylic acids is 1. The van der Waals surface area contributed by atoms with Crippen LogP contribution in [0.1, 0.15) is 31.2 Å². The summed E-state index contributed by atoms with van der Waals surface area (Å²) in [5.41, 5.74) is 6.95. The number of hydrogen-bond acceptors (Lipinski definition) is 4. The number of piperidine rings is 1. The molecule has 1 fully saturated rings. The van der Waals surface area contributed by atoms with E-state index in [0.29, 0.717) is 13.0 Å². The van der Waals surface area contributed by atoms with Gasteiger partial charge < -0.3 is 15.1 Å². The van der Waals surface area contributed by atoms with Crippen molar-refractivity contribution in [1.29, 1.82) is 0 Å². The first kappa shape index (κ1) is 15.1. The molecule has 1 amide bonds. The number of hydrogen-bond donors (Lipinski definition) is 1. The van der Waals surface area contributed by atoms with Crippen LogP contribution in [0, 0.1) is 0 Å². The monoisotopic (exact) mass is 279 g/mol. The van der Waals surface area contributed by atoms with E-state index in [1.165, 1.54) is 6.42 Å². The van der Waals surface area contributed by atoms with Crippen molar-refractivity contribution in [2.45, 2.75) is 38.3 Å². The average molecular weight is 279 g/mol. The van der Waals surface area contributed by atoms with Crippen molar-refractivity contribution in [2.75, 3.05) is 26.7 Å². The zero-order valence-corrected chi connectivity index (χ0v) is 12.3. The topological polar surface area (TPSA) is 62.7 Å². The van der Waals surface area contributed by atoms with Gasteiger partial charge in [-0.05, 0) is 32.4 Å². The van der Waals surface area contributed by atoms with Gasteiger partial charge in [0.1, 0.15) is 0 Å². The second-order valence-corrected chi connectivity index (χ2v) is 5.58. The van der Waals surface area contributed by atoms with Crippen molar-refractivity contribution in [3.8, 4) is 0 Å². The Kier molecular flexibility index (Phi) is 5.61. The number of furan rings is 1. The van der Waals surface area contributed by atoms with Gasteiger partial charge in [-0.25, -0.2) is 0 Å². The Balaban J connectivity index is 1.85. The molecule has 1 aliphatic rings. The lowest BCUT2D eigenvalue weighted by Gasteiger charge is -2.31. The lowest BCUT2D eigenvalue weighted by atomic mass is 10.1. The predicted octanol–water partition coefficient (Wildman–Crippen LogP) is 1.44. The van der Waals surface area contributed by atoms with Crippen LogP contribution < -0.4 is 5.73 Å². The molecule has 1 aromatic rings. The number of carbonyl (C=O) groups is 1. The minimum Gasteiger partial charge on any atom is -0.472 e. The molecule has 1 aromatic heterocycles. The lowest BCUT2D eigenvalue weighted by Crippen LogP contribution is -2.44. The Labute approximate surface area is 120 Å². The molecule has 0 aromatic carbocycles. The molecule has 1 aliphatic heterocycles. The van der Waals surface area contributed by atoms with Crippen LogP contribution in [0.25, 0.3) is 0 Å². The summed E-state index contributed by atoms with van der Waals surface area (Å²) in [6.07, 6.45) is 7.40. The summed E-state index contributed by atoms with van der Waals surface area (Å²) < 4.78 is 5.07. The molecule has 5 nitrogen and oxygen atoms in total. The summed E-state index contributed by atoms with van der Waals surface area (Å²) in [4.78, 5) is 16.4. The Bertz CT molecular complexity index is 399. The molecule has 5 heteroatoms. The van der Waals surface area contributed by atoms with Gasteiger partial charge in [0.25, 0.3) is 0 Å². The van der Waals surface area contributed by atoms with Gasteiger partial charge in [-0.1, -0.05) is 0 Å². The Hall–Kier alpha value is -1.33. The fraction of sp³-hybridized carbons (Fsp3) is 0.667. The van der Waals surface area contributed by atoms with E-state index in [-0.39, 0.29) is 11.9 Å². The third-order valence-electron chi connectivity index (χ3n) is 4.03. The highest BCUT2D eigenvalue weighted by Gasteiger charge is 2.22. The first-order valence-corrected chi connectivity index (χ1v) is 7.40. The van der Waals surface area contributed by atoms with E-state index in [2.05, 4.69) is 4.90 Å². The van der Waals surface area contributed by atoms with Gasteiger partial charge in [-0.3, -0.25) is 9.69 Å². The van der Waals surface area contributed by atoms with E-state index in [1.54, 1.807) is 12.5 Å². The molecule has 0 saturated carbocycles. The fourth-order valence-electron chi connectivity index (χ4n) is 2.69. The summed E-state index contributed by atoms with van der Waals surface area (Å²) in [5.74, 6) is 0.235. The molecular weight excluding hydrogens is 254 g/mol. The number of amides is 1. The molecule has 20 heavy (non-hydrogen) atoms. The second kappa shape index (κ2) is 7.45. The van der Waals surface area contributed by atoms with Crippen molar-refractivity contribution < 1.29 is 9.21 Å². The highest BCUT2D eigenvalue weighted by Crippen LogP contribution is 2.13. The molecule has 2 rings (SSSR count). The summed E-state index contributed by atoms with van der Waals surface area (Å²) in [5, 5.41) is 0. The highest BCUT2D eigenvalue weighted by atomic mass is 16.3. The maximum absolute atomic E-state index is 12.3. The van der Waals surface area contributed by atoms with Crippen molar-refractivity contribution in [2.24, 2.45) is 5.73 Å². The summed E-state index contributed by atoms with van der Waals surface area (Å²) >= 11 is 0. The van der Waals surface area contributed by atoms with Crippen LogP contribution in [0.15, 0.2) is 23.0 Å². The fourth-order valence-corrected chi connectivity index (χ4v) is 2.69. The quantitative estimate of drug-likeness (QED) is 0.856. The molecule has 0 aliphatic carbocycles. The van der Waals surface area contributed by atoms with E-state index >= 15 is 0 Å². The molecule has 1 saturated heterocycles. The Morgan fingerprint density at radius 3 is 2.80 bits per heavy atom. The average Bonchev–Trinajstić information content (AvgIpc) is 2.98. The van der Waals surface area contributed by atoms with Gasteiger partial charge in [0.2, 0.25) is 5.91 Å². The third kappa shape index (κ3) is 4.08. The normalized spacial score (nSPS) is 17.4. The minimum atomic E-state index is 0.0827. The van der Waals surface area contributed by atoms with Crippen LogP contribution >= 0.6 is 0 Å². The Morgan fingerprint density at radius 2 is 2.20 bits per heavy atom. The maximum atomic E-state index is 12.3. The summed E-state index contributed by atoms with van der Waals surface area (Å²) in [7, 11) is 2.01. The summed E-state index contributed by atoms with van der Waals surface area (Å²) in [6, 6.07) is 2.02. The van der Waals surface area contributed by atoms with Crippen LogP contribution in [0.2, 0.25) is 0 Å². The van der Waals surface area contributed by atoms with Gasteiger partial charge in [-0.2, -0.15) is 0 Å². The number of nitrogens with two attached hydrogens (primary N) is 1. The SMILES string of the molecule is CN(Cc1ccoc1)C(CN)CC(=O)N1CCCCC1. The zero-order chi connectivity index (χ0) is 14.4. The van der Waals surface area contributed by atoms with E-state index in [4.69, 9.17) is 10.2 Å². The van der Waals surface area contributed by atoms with Crippen LogP contribution in [0.3, 0.4) is 0 Å². The van der Waals surface area contributed by atoms with E-state index in [0.717, 1.165) is 38.0 Å². The predicted molar refractivity (Wildman–Crippen MR) is 78.1 cm³/mol. The number of nitrogens with zero attached hydrogens (tertiary/aromatic N) is 2. The second-order valence-electron chi connectivity index (χ2n) is 5.58. The van der Waals surface area contributed by atoms with Crippen LogP contribution in [0.5, 0.6) is 0 Å². The van der Waals surface area contributed by atoms with Crippen molar-refractivity contribution in [1.82, 2.24) is 9.80 Å². The Morgan fingerprint density at radius 1 is 1.45 bits per heavy atom. The van der Waals surface area contributed by atoms with Gasteiger partial charge in [0.05, 0.1) is 12.5 Å². The largest absolute Gasteiger partial charge is 0.472 e. The molecule has 0 radical (unpaired) electrons. The van der Waals surface area contributed by atoms with Crippen molar-refractivity contribution in [3.63, 3.8) is 0 Å². The molecule has 0 bridgehead atoms. The van der Waals surface area contributed by atoms with E-state index in [1.807, 2.05) is 18.0 Å². The molecule has 1 atom stereocenters. The highest BCUT2D eigenvalue weighted by molar-refractivity contribution is 5.76. The van der Waals surface area contributed by atoms with E-state index < -0.39 is 0 Å².